The van der Waals surface area contributed by atoms with E-state index < -0.39 is 0 Å². The van der Waals surface area contributed by atoms with Crippen LogP contribution in [0.4, 0.5) is 0 Å². The summed E-state index contributed by atoms with van der Waals surface area (Å²) in [7, 11) is 0. The number of para-hydroxylation sites is 1. The summed E-state index contributed by atoms with van der Waals surface area (Å²) < 4.78 is 9.62. The van der Waals surface area contributed by atoms with E-state index in [0.29, 0.717) is 17.5 Å². The van der Waals surface area contributed by atoms with E-state index in [1.807, 2.05) is 18.2 Å². The van der Waals surface area contributed by atoms with Gasteiger partial charge in [-0.2, -0.15) is 0 Å². The van der Waals surface area contributed by atoms with Crippen molar-refractivity contribution >= 4 is 97.6 Å². The average Bonchev–Trinajstić information content (AvgIpc) is 3.91. The Bertz CT molecular complexity index is 4260. The predicted octanol–water partition coefficient (Wildman–Crippen LogP) is 15.6. The molecule has 0 aliphatic heterocycles. The van der Waals surface area contributed by atoms with Gasteiger partial charge in [0.1, 0.15) is 11.2 Å². The quantitative estimate of drug-likeness (QED) is 0.166. The highest BCUT2D eigenvalue weighted by molar-refractivity contribution is 6.24. The molecule has 14 rings (SSSR count). The zero-order valence-corrected chi connectivity index (χ0v) is 34.3. The molecule has 64 heavy (non-hydrogen) atoms. The summed E-state index contributed by atoms with van der Waals surface area (Å²) in [5, 5.41) is 16.0. The molecule has 0 unspecified atom stereocenters. The monoisotopic (exact) mass is 814 g/mol. The van der Waals surface area contributed by atoms with Gasteiger partial charge < -0.3 is 8.98 Å². The molecule has 0 saturated heterocycles. The summed E-state index contributed by atoms with van der Waals surface area (Å²) in [6.45, 7) is 0. The summed E-state index contributed by atoms with van der Waals surface area (Å²) in [5.74, 6) is 1.76. The largest absolute Gasteiger partial charge is 0.455 e. The van der Waals surface area contributed by atoms with E-state index in [-0.39, 0.29) is 0 Å². The maximum Gasteiger partial charge on any atom is 0.167 e. The number of furan rings is 1. The Morgan fingerprint density at radius 1 is 0.312 bits per heavy atom. The van der Waals surface area contributed by atoms with Crippen LogP contribution >= 0.6 is 0 Å². The predicted molar refractivity (Wildman–Crippen MR) is 265 cm³/mol. The molecule has 0 spiro atoms. The first kappa shape index (κ1) is 35.0. The van der Waals surface area contributed by atoms with Crippen LogP contribution in [-0.4, -0.2) is 19.5 Å². The average molecular weight is 815 g/mol. The molecule has 296 valence electrons. The molecule has 0 N–H and O–H groups in total. The van der Waals surface area contributed by atoms with Crippen molar-refractivity contribution in [2.45, 2.75) is 0 Å². The van der Waals surface area contributed by atoms with Gasteiger partial charge >= 0.3 is 0 Å². The zero-order chi connectivity index (χ0) is 41.9. The van der Waals surface area contributed by atoms with Gasteiger partial charge in [0.15, 0.2) is 17.5 Å². The lowest BCUT2D eigenvalue weighted by Gasteiger charge is -2.14. The summed E-state index contributed by atoms with van der Waals surface area (Å²) >= 11 is 0. The summed E-state index contributed by atoms with van der Waals surface area (Å²) in [6.07, 6.45) is 0. The number of fused-ring (bicyclic) bond motifs is 14. The molecular weight excluding hydrogens is 781 g/mol. The second-order valence-corrected chi connectivity index (χ2v) is 16.7. The van der Waals surface area contributed by atoms with E-state index in [9.17, 15) is 0 Å². The maximum absolute atomic E-state index is 7.14. The second kappa shape index (κ2) is 13.4. The van der Waals surface area contributed by atoms with Gasteiger partial charge in [0, 0.05) is 48.8 Å². The molecule has 0 aliphatic rings. The third-order valence-electron chi connectivity index (χ3n) is 13.2. The van der Waals surface area contributed by atoms with Crippen molar-refractivity contribution in [1.82, 2.24) is 19.5 Å². The van der Waals surface area contributed by atoms with E-state index >= 15 is 0 Å². The Labute approximate surface area is 366 Å². The molecule has 0 saturated carbocycles. The minimum Gasteiger partial charge on any atom is -0.455 e. The third kappa shape index (κ3) is 5.09. The topological polar surface area (TPSA) is 56.7 Å². The van der Waals surface area contributed by atoms with Gasteiger partial charge in [-0.05, 0) is 68.0 Å². The molecule has 11 aromatic carbocycles. The molecule has 0 atom stereocenters. The molecule has 0 aliphatic carbocycles. The molecule has 3 heterocycles. The summed E-state index contributed by atoms with van der Waals surface area (Å²) in [4.78, 5) is 15.7. The third-order valence-corrected chi connectivity index (χ3v) is 13.2. The van der Waals surface area contributed by atoms with Gasteiger partial charge in [-0.15, -0.1) is 0 Å². The highest BCUT2D eigenvalue weighted by atomic mass is 16.3. The van der Waals surface area contributed by atoms with E-state index in [1.165, 1.54) is 43.2 Å². The van der Waals surface area contributed by atoms with Crippen molar-refractivity contribution in [2.24, 2.45) is 0 Å². The minimum absolute atomic E-state index is 0.552. The van der Waals surface area contributed by atoms with Crippen LogP contribution in [-0.2, 0) is 0 Å². The molecule has 14 aromatic rings. The SMILES string of the molecule is c1ccc(-c2nc(-c3cc4ccccc4c4ccccc34)nc(-c3cccc4c3oc3c5ccccc5c(-n5c6cc7ccccc7cc6c6ccc7ccccc7c65)cc43)n2)cc1. The summed E-state index contributed by atoms with van der Waals surface area (Å²) in [6, 6.07) is 73.3. The molecule has 0 bridgehead atoms. The zero-order valence-electron chi connectivity index (χ0n) is 34.3. The van der Waals surface area contributed by atoms with E-state index in [2.05, 4.69) is 193 Å². The molecular formula is C59H34N4O. The smallest absolute Gasteiger partial charge is 0.167 e. The lowest BCUT2D eigenvalue weighted by atomic mass is 9.97. The number of aromatic nitrogens is 4. The molecule has 0 amide bonds. The van der Waals surface area contributed by atoms with Crippen LogP contribution in [0, 0.1) is 0 Å². The first-order valence-electron chi connectivity index (χ1n) is 21.7. The molecule has 0 fully saturated rings. The van der Waals surface area contributed by atoms with Crippen molar-refractivity contribution in [3.05, 3.63) is 206 Å². The molecule has 0 radical (unpaired) electrons. The van der Waals surface area contributed by atoms with Crippen LogP contribution in [0.1, 0.15) is 0 Å². The van der Waals surface area contributed by atoms with Crippen LogP contribution in [0.25, 0.3) is 137 Å². The second-order valence-electron chi connectivity index (χ2n) is 16.7. The van der Waals surface area contributed by atoms with Crippen LogP contribution in [0.2, 0.25) is 0 Å². The maximum atomic E-state index is 7.14. The Morgan fingerprint density at radius 3 is 1.72 bits per heavy atom. The Hall–Kier alpha value is -8.67. The van der Waals surface area contributed by atoms with Crippen LogP contribution in [0.15, 0.2) is 211 Å². The van der Waals surface area contributed by atoms with E-state index in [0.717, 1.165) is 76.8 Å². The Balaban J connectivity index is 1.06. The normalized spacial score (nSPS) is 12.1. The van der Waals surface area contributed by atoms with E-state index in [4.69, 9.17) is 19.4 Å². The van der Waals surface area contributed by atoms with Gasteiger partial charge in [-0.3, -0.25) is 0 Å². The molecule has 3 aromatic heterocycles. The van der Waals surface area contributed by atoms with Gasteiger partial charge in [-0.1, -0.05) is 176 Å². The fourth-order valence-electron chi connectivity index (χ4n) is 10.2. The van der Waals surface area contributed by atoms with E-state index in [1.54, 1.807) is 0 Å². The molecule has 5 nitrogen and oxygen atoms in total. The highest BCUT2D eigenvalue weighted by Gasteiger charge is 2.23. The van der Waals surface area contributed by atoms with Gasteiger partial charge in [0.2, 0.25) is 0 Å². The lowest BCUT2D eigenvalue weighted by Crippen LogP contribution is -2.01. The summed E-state index contributed by atoms with van der Waals surface area (Å²) in [5.41, 5.74) is 7.68. The van der Waals surface area contributed by atoms with Crippen molar-refractivity contribution in [3.63, 3.8) is 0 Å². The van der Waals surface area contributed by atoms with Crippen molar-refractivity contribution in [2.75, 3.05) is 0 Å². The standard InChI is InChI=1S/C59H34N4O/c1-2-16-36(17-3-1)57-60-58(62-59(61-57)51-32-39-20-7-8-21-40(39)42-23-10-11-24-43(42)51)48-28-14-27-47-50-34-53(44-25-12-13-26-46(44)56(50)64-55(47)48)63-52-33-38-19-5-4-18-37(38)31-49(52)45-30-29-35-15-6-9-22-41(35)54(45)63/h1-34H. The van der Waals surface area contributed by atoms with Crippen LogP contribution < -0.4 is 0 Å². The Kier molecular flexibility index (Phi) is 7.33. The van der Waals surface area contributed by atoms with Crippen molar-refractivity contribution < 1.29 is 4.42 Å². The first-order chi connectivity index (χ1) is 31.7. The lowest BCUT2D eigenvalue weighted by molar-refractivity contribution is 0.673. The van der Waals surface area contributed by atoms with Gasteiger partial charge in [-0.25, -0.2) is 15.0 Å². The number of hydrogen-bond acceptors (Lipinski definition) is 4. The van der Waals surface area contributed by atoms with Gasteiger partial charge in [0.25, 0.3) is 0 Å². The fraction of sp³-hybridized carbons (Fsp3) is 0. The van der Waals surface area contributed by atoms with Crippen LogP contribution in [0.3, 0.4) is 0 Å². The molecule has 5 heteroatoms. The van der Waals surface area contributed by atoms with Crippen LogP contribution in [0.5, 0.6) is 0 Å². The fourth-order valence-corrected chi connectivity index (χ4v) is 10.2. The number of nitrogens with zero attached hydrogens (tertiary/aromatic N) is 4. The first-order valence-corrected chi connectivity index (χ1v) is 21.7. The number of benzene rings is 11. The van der Waals surface area contributed by atoms with Gasteiger partial charge in [0.05, 0.1) is 22.3 Å². The number of rotatable bonds is 4. The number of hydrogen-bond donors (Lipinski definition) is 0. The highest BCUT2D eigenvalue weighted by Crippen LogP contribution is 2.45. The van der Waals surface area contributed by atoms with Crippen molar-refractivity contribution in [1.29, 1.82) is 0 Å². The Morgan fingerprint density at radius 2 is 0.906 bits per heavy atom. The minimum atomic E-state index is 0.552. The van der Waals surface area contributed by atoms with Crippen molar-refractivity contribution in [3.8, 4) is 39.9 Å².